The summed E-state index contributed by atoms with van der Waals surface area (Å²) in [5, 5.41) is 0. The first-order valence-electron chi connectivity index (χ1n) is 3.19. The van der Waals surface area contributed by atoms with Crippen molar-refractivity contribution in [2.24, 2.45) is 5.73 Å². The molecule has 0 rings (SSSR count). The maximum absolute atomic E-state index is 10.5. The minimum atomic E-state index is -0.271. The number of quaternary nitrogens is 1. The summed E-state index contributed by atoms with van der Waals surface area (Å²) in [6.45, 7) is 4.72. The molecule has 66 valence electrons. The molecule has 0 radical (unpaired) electrons. The summed E-state index contributed by atoms with van der Waals surface area (Å²) in [5.74, 6) is -0.271. The van der Waals surface area contributed by atoms with E-state index in [9.17, 15) is 4.79 Å². The van der Waals surface area contributed by atoms with Crippen molar-refractivity contribution >= 4 is 5.91 Å². The first kappa shape index (κ1) is 13.1. The molecule has 0 aromatic rings. The fourth-order valence-corrected chi connectivity index (χ4v) is 0.836. The molecule has 0 unspecified atom stereocenters. The van der Waals surface area contributed by atoms with Crippen molar-refractivity contribution in [2.45, 2.75) is 0 Å². The predicted octanol–water partition coefficient (Wildman–Crippen LogP) is -3.26. The van der Waals surface area contributed by atoms with Gasteiger partial charge in [0.15, 0.2) is 6.54 Å². The van der Waals surface area contributed by atoms with Gasteiger partial charge in [-0.2, -0.15) is 0 Å². The van der Waals surface area contributed by atoms with Crippen LogP contribution in [0.3, 0.4) is 0 Å². The Morgan fingerprint density at radius 2 is 2.09 bits per heavy atom. The number of hydrogen-bond donors (Lipinski definition) is 1. The van der Waals surface area contributed by atoms with Gasteiger partial charge in [-0.15, -0.1) is 0 Å². The van der Waals surface area contributed by atoms with Crippen molar-refractivity contribution in [1.82, 2.24) is 0 Å². The Hall–Kier alpha value is -0.540. The van der Waals surface area contributed by atoms with Crippen LogP contribution in [0.2, 0.25) is 0 Å². The third kappa shape index (κ3) is 7.36. The van der Waals surface area contributed by atoms with E-state index in [0.29, 0.717) is 11.0 Å². The van der Waals surface area contributed by atoms with Crippen molar-refractivity contribution in [1.29, 1.82) is 0 Å². The van der Waals surface area contributed by atoms with E-state index in [-0.39, 0.29) is 18.3 Å². The van der Waals surface area contributed by atoms with Gasteiger partial charge in [-0.1, -0.05) is 6.58 Å². The van der Waals surface area contributed by atoms with Crippen LogP contribution < -0.4 is 18.1 Å². The molecule has 2 N–H and O–H groups in total. The molecule has 0 aliphatic carbocycles. The van der Waals surface area contributed by atoms with Crippen molar-refractivity contribution < 1.29 is 21.7 Å². The van der Waals surface area contributed by atoms with E-state index in [0.717, 1.165) is 6.54 Å². The third-order valence-electron chi connectivity index (χ3n) is 1.21. The zero-order valence-electron chi connectivity index (χ0n) is 7.01. The van der Waals surface area contributed by atoms with E-state index in [2.05, 4.69) is 6.58 Å². The second-order valence-electron chi connectivity index (χ2n) is 3.03. The number of hydrogen-bond acceptors (Lipinski definition) is 1. The molecule has 4 heteroatoms. The smallest absolute Gasteiger partial charge is 0.272 e. The first-order valence-corrected chi connectivity index (χ1v) is 3.19. The van der Waals surface area contributed by atoms with Gasteiger partial charge in [-0.25, -0.2) is 0 Å². The quantitative estimate of drug-likeness (QED) is 0.357. The molecular formula is C7H15ClN2O. The summed E-state index contributed by atoms with van der Waals surface area (Å²) >= 11 is 0. The average molecular weight is 179 g/mol. The molecule has 0 aromatic heterocycles. The van der Waals surface area contributed by atoms with Gasteiger partial charge in [0, 0.05) is 0 Å². The molecule has 0 saturated carbocycles. The SMILES string of the molecule is C=CC[N+](C)(C)CC(N)=O.[Cl-]. The van der Waals surface area contributed by atoms with Crippen LogP contribution in [0.5, 0.6) is 0 Å². The van der Waals surface area contributed by atoms with Crippen LogP contribution in [-0.2, 0) is 4.79 Å². The second kappa shape index (κ2) is 5.16. The van der Waals surface area contributed by atoms with Crippen LogP contribution in [0.1, 0.15) is 0 Å². The van der Waals surface area contributed by atoms with E-state index >= 15 is 0 Å². The molecule has 0 atom stereocenters. The summed E-state index contributed by atoms with van der Waals surface area (Å²) < 4.78 is 0.582. The molecule has 11 heavy (non-hydrogen) atoms. The molecule has 0 fully saturated rings. The second-order valence-corrected chi connectivity index (χ2v) is 3.03. The molecule has 0 aromatic carbocycles. The lowest BCUT2D eigenvalue weighted by atomic mass is 10.4. The number of carbonyl (C=O) groups excluding carboxylic acids is 1. The maximum atomic E-state index is 10.5. The number of nitrogens with zero attached hydrogens (tertiary/aromatic N) is 1. The largest absolute Gasteiger partial charge is 1.00 e. The highest BCUT2D eigenvalue weighted by atomic mass is 35.5. The number of halogens is 1. The molecule has 0 heterocycles. The highest BCUT2D eigenvalue weighted by Gasteiger charge is 2.15. The van der Waals surface area contributed by atoms with Crippen LogP contribution >= 0.6 is 0 Å². The summed E-state index contributed by atoms with van der Waals surface area (Å²) in [6, 6.07) is 0. The normalized spacial score (nSPS) is 10.0. The Morgan fingerprint density at radius 1 is 1.64 bits per heavy atom. The molecular weight excluding hydrogens is 164 g/mol. The van der Waals surface area contributed by atoms with Crippen molar-refractivity contribution in [2.75, 3.05) is 27.2 Å². The Balaban J connectivity index is 0. The zero-order chi connectivity index (χ0) is 8.20. The standard InChI is InChI=1S/C7H14N2O.ClH/c1-4-5-9(2,3)6-7(8)10;/h4H,1,5-6H2,2-3H3,(H-,8,10);1H. The molecule has 1 amide bonds. The number of likely N-dealkylation sites (N-methyl/N-ethyl adjacent to an activating group) is 1. The summed E-state index contributed by atoms with van der Waals surface area (Å²) in [5.41, 5.74) is 5.02. The van der Waals surface area contributed by atoms with Crippen LogP contribution in [0.25, 0.3) is 0 Å². The van der Waals surface area contributed by atoms with Gasteiger partial charge >= 0.3 is 0 Å². The fourth-order valence-electron chi connectivity index (χ4n) is 0.836. The summed E-state index contributed by atoms with van der Waals surface area (Å²) in [4.78, 5) is 10.5. The van der Waals surface area contributed by atoms with Crippen LogP contribution in [0.15, 0.2) is 12.7 Å². The number of rotatable bonds is 4. The fraction of sp³-hybridized carbons (Fsp3) is 0.571. The Kier molecular flexibility index (Phi) is 6.13. The molecule has 0 aliphatic rings. The lowest BCUT2D eigenvalue weighted by Crippen LogP contribution is -3.00. The third-order valence-corrected chi connectivity index (χ3v) is 1.21. The molecule has 0 spiro atoms. The van der Waals surface area contributed by atoms with Crippen LogP contribution in [0, 0.1) is 0 Å². The minimum absolute atomic E-state index is 0. The van der Waals surface area contributed by atoms with Gasteiger partial charge in [0.05, 0.1) is 20.6 Å². The van der Waals surface area contributed by atoms with Gasteiger partial charge in [-0.3, -0.25) is 4.79 Å². The van der Waals surface area contributed by atoms with Gasteiger partial charge in [0.1, 0.15) is 0 Å². The van der Waals surface area contributed by atoms with E-state index in [1.807, 2.05) is 14.1 Å². The monoisotopic (exact) mass is 178 g/mol. The minimum Gasteiger partial charge on any atom is -1.00 e. The number of carbonyl (C=O) groups is 1. The highest BCUT2D eigenvalue weighted by Crippen LogP contribution is 1.94. The van der Waals surface area contributed by atoms with Crippen LogP contribution in [-0.4, -0.2) is 37.6 Å². The summed E-state index contributed by atoms with van der Waals surface area (Å²) in [7, 11) is 3.87. The molecule has 0 saturated heterocycles. The van der Waals surface area contributed by atoms with Gasteiger partial charge < -0.3 is 22.6 Å². The van der Waals surface area contributed by atoms with E-state index < -0.39 is 0 Å². The maximum Gasteiger partial charge on any atom is 0.272 e. The Bertz CT molecular complexity index is 145. The highest BCUT2D eigenvalue weighted by molar-refractivity contribution is 5.74. The van der Waals surface area contributed by atoms with Crippen molar-refractivity contribution in [3.8, 4) is 0 Å². The van der Waals surface area contributed by atoms with Crippen LogP contribution in [0.4, 0.5) is 0 Å². The van der Waals surface area contributed by atoms with E-state index in [1.165, 1.54) is 0 Å². The number of amides is 1. The topological polar surface area (TPSA) is 43.1 Å². The van der Waals surface area contributed by atoms with Crippen molar-refractivity contribution in [3.63, 3.8) is 0 Å². The lowest BCUT2D eigenvalue weighted by molar-refractivity contribution is -0.876. The zero-order valence-corrected chi connectivity index (χ0v) is 7.77. The Labute approximate surface area is 73.9 Å². The predicted molar refractivity (Wildman–Crippen MR) is 41.2 cm³/mol. The van der Waals surface area contributed by atoms with Gasteiger partial charge in [0.25, 0.3) is 5.91 Å². The average Bonchev–Trinajstić information content (AvgIpc) is 1.59. The molecule has 3 nitrogen and oxygen atoms in total. The van der Waals surface area contributed by atoms with E-state index in [1.54, 1.807) is 6.08 Å². The van der Waals surface area contributed by atoms with Gasteiger partial charge in [-0.05, 0) is 6.08 Å². The number of primary amides is 1. The van der Waals surface area contributed by atoms with Gasteiger partial charge in [0.2, 0.25) is 0 Å². The Morgan fingerprint density at radius 3 is 2.36 bits per heavy atom. The molecule has 0 aliphatic heterocycles. The van der Waals surface area contributed by atoms with Crippen molar-refractivity contribution in [3.05, 3.63) is 12.7 Å². The molecule has 0 bridgehead atoms. The lowest BCUT2D eigenvalue weighted by Gasteiger charge is -2.26. The first-order chi connectivity index (χ1) is 4.48. The number of nitrogens with two attached hydrogens (primary N) is 1. The summed E-state index contributed by atoms with van der Waals surface area (Å²) in [6.07, 6.45) is 1.78. The van der Waals surface area contributed by atoms with E-state index in [4.69, 9.17) is 5.73 Å².